The van der Waals surface area contributed by atoms with Crippen LogP contribution in [0.2, 0.25) is 0 Å². The van der Waals surface area contributed by atoms with Crippen LogP contribution in [0.25, 0.3) is 0 Å². The molecule has 11 heteroatoms. The lowest BCUT2D eigenvalue weighted by atomic mass is 9.88. The number of aryl methyl sites for hydroxylation is 1. The summed E-state index contributed by atoms with van der Waals surface area (Å²) in [6, 6.07) is 4.29. The summed E-state index contributed by atoms with van der Waals surface area (Å²) in [6.45, 7) is 5.68. The first kappa shape index (κ1) is 24.2. The van der Waals surface area contributed by atoms with Crippen molar-refractivity contribution >= 4 is 35.1 Å². The molecule has 4 rings (SSSR count). The van der Waals surface area contributed by atoms with E-state index in [1.807, 2.05) is 20.8 Å². The number of hydrogen-bond acceptors (Lipinski definition) is 7. The van der Waals surface area contributed by atoms with Crippen molar-refractivity contribution in [2.75, 3.05) is 5.32 Å². The summed E-state index contributed by atoms with van der Waals surface area (Å²) in [5.74, 6) is -1.37. The van der Waals surface area contributed by atoms with Crippen LogP contribution in [0.1, 0.15) is 61.6 Å². The van der Waals surface area contributed by atoms with Gasteiger partial charge in [0.2, 0.25) is 17.7 Å². The van der Waals surface area contributed by atoms with Crippen LogP contribution >= 0.6 is 0 Å². The Hall–Kier alpha value is -3.89. The van der Waals surface area contributed by atoms with Gasteiger partial charge in [0.25, 0.3) is 5.91 Å². The molecule has 2 aliphatic rings. The average molecular weight is 481 g/mol. The molecule has 0 bridgehead atoms. The second-order valence-corrected chi connectivity index (χ2v) is 9.86. The molecule has 0 aliphatic carbocycles. The summed E-state index contributed by atoms with van der Waals surface area (Å²) < 4.78 is 1.40. The van der Waals surface area contributed by atoms with Gasteiger partial charge in [0.05, 0.1) is 5.69 Å². The van der Waals surface area contributed by atoms with Gasteiger partial charge >= 0.3 is 0 Å². The van der Waals surface area contributed by atoms with E-state index in [0.29, 0.717) is 35.3 Å². The monoisotopic (exact) mass is 480 g/mol. The summed E-state index contributed by atoms with van der Waals surface area (Å²) in [4.78, 5) is 62.9. The van der Waals surface area contributed by atoms with Gasteiger partial charge in [-0.25, -0.2) is 4.68 Å². The van der Waals surface area contributed by atoms with Crippen LogP contribution in [0, 0.1) is 5.41 Å². The number of carbonyl (C=O) groups is 5. The number of carbonyl (C=O) groups excluding carboxylic acids is 5. The fourth-order valence-electron chi connectivity index (χ4n) is 4.19. The topological polar surface area (TPSA) is 143 Å². The first-order valence-electron chi connectivity index (χ1n) is 11.5. The van der Waals surface area contributed by atoms with E-state index in [1.54, 1.807) is 24.4 Å². The van der Waals surface area contributed by atoms with E-state index in [2.05, 4.69) is 20.9 Å². The van der Waals surface area contributed by atoms with Gasteiger partial charge in [0.1, 0.15) is 18.4 Å². The number of benzene rings is 1. The van der Waals surface area contributed by atoms with Gasteiger partial charge in [-0.15, -0.1) is 5.10 Å². The summed E-state index contributed by atoms with van der Waals surface area (Å²) in [7, 11) is 0. The number of nitrogens with one attached hydrogen (secondary N) is 2. The van der Waals surface area contributed by atoms with Gasteiger partial charge in [-0.05, 0) is 18.6 Å². The zero-order chi connectivity index (χ0) is 25.3. The number of rotatable bonds is 7. The number of Topliss-reactive ketones (excluding diaryl/α,β-unsaturated/α-hetero) is 1. The third-order valence-electron chi connectivity index (χ3n) is 6.19. The van der Waals surface area contributed by atoms with Crippen molar-refractivity contribution < 1.29 is 24.0 Å². The predicted octanol–water partition coefficient (Wildman–Crippen LogP) is 1.23. The molecule has 184 valence electrons. The summed E-state index contributed by atoms with van der Waals surface area (Å²) in [5.41, 5.74) is 1.73. The Kier molecular flexibility index (Phi) is 6.51. The van der Waals surface area contributed by atoms with Crippen molar-refractivity contribution in [3.8, 4) is 0 Å². The molecule has 2 aliphatic heterocycles. The number of piperidine rings is 1. The lowest BCUT2D eigenvalue weighted by molar-refractivity contribution is -0.137. The summed E-state index contributed by atoms with van der Waals surface area (Å²) >= 11 is 0. The average Bonchev–Trinajstić information content (AvgIpc) is 3.36. The van der Waals surface area contributed by atoms with Crippen LogP contribution in [0.4, 0.5) is 5.69 Å². The van der Waals surface area contributed by atoms with E-state index in [1.165, 1.54) is 9.58 Å². The van der Waals surface area contributed by atoms with Gasteiger partial charge in [-0.3, -0.25) is 29.3 Å². The molecular formula is C24H28N6O5. The number of nitrogens with zero attached hydrogens (tertiary/aromatic N) is 4. The molecule has 1 fully saturated rings. The van der Waals surface area contributed by atoms with Crippen LogP contribution in [0.3, 0.4) is 0 Å². The van der Waals surface area contributed by atoms with Crippen molar-refractivity contribution in [2.45, 2.75) is 65.6 Å². The molecule has 2 N–H and O–H groups in total. The zero-order valence-electron chi connectivity index (χ0n) is 20.0. The number of imide groups is 1. The minimum atomic E-state index is -0.727. The second-order valence-electron chi connectivity index (χ2n) is 9.86. The fourth-order valence-corrected chi connectivity index (χ4v) is 4.19. The van der Waals surface area contributed by atoms with Crippen molar-refractivity contribution in [1.29, 1.82) is 0 Å². The summed E-state index contributed by atoms with van der Waals surface area (Å²) in [5, 5.41) is 13.1. The predicted molar refractivity (Wildman–Crippen MR) is 124 cm³/mol. The number of hydrogen-bond donors (Lipinski definition) is 2. The first-order chi connectivity index (χ1) is 16.5. The van der Waals surface area contributed by atoms with Crippen molar-refractivity contribution in [1.82, 2.24) is 25.2 Å². The minimum absolute atomic E-state index is 0.0886. The number of fused-ring (bicyclic) bond motifs is 1. The lowest BCUT2D eigenvalue weighted by Gasteiger charge is -2.29. The molecule has 0 saturated carbocycles. The maximum atomic E-state index is 12.9. The lowest BCUT2D eigenvalue weighted by Crippen LogP contribution is -2.52. The highest BCUT2D eigenvalue weighted by molar-refractivity contribution is 6.06. The van der Waals surface area contributed by atoms with Crippen LogP contribution in [-0.4, -0.2) is 55.3 Å². The Morgan fingerprint density at radius 3 is 2.69 bits per heavy atom. The van der Waals surface area contributed by atoms with Gasteiger partial charge in [0, 0.05) is 54.2 Å². The largest absolute Gasteiger partial charge is 0.324 e. The van der Waals surface area contributed by atoms with E-state index in [-0.39, 0.29) is 49.4 Å². The number of anilines is 1. The SMILES string of the molecule is CC(C)(C)C(=O)CCc1cn(CC(=O)Nc2cccc3c2CN(C2CCC(=O)NC2=O)C3=O)nn1. The van der Waals surface area contributed by atoms with Gasteiger partial charge in [0.15, 0.2) is 0 Å². The third kappa shape index (κ3) is 5.28. The Labute approximate surface area is 202 Å². The minimum Gasteiger partial charge on any atom is -0.324 e. The van der Waals surface area contributed by atoms with E-state index in [9.17, 15) is 24.0 Å². The molecule has 1 atom stereocenters. The Morgan fingerprint density at radius 1 is 1.20 bits per heavy atom. The summed E-state index contributed by atoms with van der Waals surface area (Å²) in [6.07, 6.45) is 2.87. The normalized spacial score (nSPS) is 17.9. The van der Waals surface area contributed by atoms with Crippen LogP contribution in [-0.2, 0) is 38.7 Å². The van der Waals surface area contributed by atoms with Gasteiger partial charge in [-0.2, -0.15) is 0 Å². The van der Waals surface area contributed by atoms with Gasteiger partial charge in [-0.1, -0.05) is 32.1 Å². The molecule has 11 nitrogen and oxygen atoms in total. The molecule has 0 spiro atoms. The maximum Gasteiger partial charge on any atom is 0.255 e. The van der Waals surface area contributed by atoms with E-state index in [0.717, 1.165) is 0 Å². The highest BCUT2D eigenvalue weighted by Gasteiger charge is 2.40. The van der Waals surface area contributed by atoms with E-state index < -0.39 is 17.4 Å². The van der Waals surface area contributed by atoms with Crippen molar-refractivity contribution in [3.05, 3.63) is 41.2 Å². The third-order valence-corrected chi connectivity index (χ3v) is 6.19. The molecule has 3 heterocycles. The smallest absolute Gasteiger partial charge is 0.255 e. The number of ketones is 1. The molecular weight excluding hydrogens is 452 g/mol. The highest BCUT2D eigenvalue weighted by Crippen LogP contribution is 2.32. The molecule has 1 aromatic carbocycles. The van der Waals surface area contributed by atoms with Crippen molar-refractivity contribution in [2.24, 2.45) is 5.41 Å². The second kappa shape index (κ2) is 9.40. The maximum absolute atomic E-state index is 12.9. The van der Waals surface area contributed by atoms with Crippen molar-refractivity contribution in [3.63, 3.8) is 0 Å². The molecule has 0 radical (unpaired) electrons. The van der Waals surface area contributed by atoms with Crippen LogP contribution in [0.5, 0.6) is 0 Å². The van der Waals surface area contributed by atoms with E-state index >= 15 is 0 Å². The molecule has 1 unspecified atom stereocenters. The Balaban J connectivity index is 1.39. The quantitative estimate of drug-likeness (QED) is 0.567. The van der Waals surface area contributed by atoms with E-state index in [4.69, 9.17) is 0 Å². The highest BCUT2D eigenvalue weighted by atomic mass is 16.2. The Bertz CT molecular complexity index is 1210. The zero-order valence-corrected chi connectivity index (χ0v) is 20.0. The Morgan fingerprint density at radius 2 is 1.97 bits per heavy atom. The van der Waals surface area contributed by atoms with Crippen LogP contribution in [0.15, 0.2) is 24.4 Å². The molecule has 35 heavy (non-hydrogen) atoms. The molecule has 4 amide bonds. The number of amides is 4. The first-order valence-corrected chi connectivity index (χ1v) is 11.5. The van der Waals surface area contributed by atoms with Crippen LogP contribution < -0.4 is 10.6 Å². The van der Waals surface area contributed by atoms with Gasteiger partial charge < -0.3 is 10.2 Å². The molecule has 2 aromatic rings. The molecule has 1 aromatic heterocycles. The standard InChI is InChI=1S/C24H28N6O5/c1-24(2,3)19(31)9-7-14-11-29(28-27-14)13-21(33)25-17-6-4-5-15-16(17)12-30(23(15)35)18-8-10-20(32)26-22(18)34/h4-6,11,18H,7-10,12-13H2,1-3H3,(H,25,33)(H,26,32,34). The number of aromatic nitrogens is 3. The fraction of sp³-hybridized carbons (Fsp3) is 0.458. The molecule has 1 saturated heterocycles.